The lowest BCUT2D eigenvalue weighted by Gasteiger charge is -2.01. The minimum Gasteiger partial charge on any atom is -0.466 e. The number of aromatic nitrogens is 2. The molecule has 1 heterocycles. The topological polar surface area (TPSA) is 44.1 Å². The second-order valence-electron chi connectivity index (χ2n) is 3.89. The van der Waals surface area contributed by atoms with Crippen LogP contribution >= 0.6 is 11.6 Å². The van der Waals surface area contributed by atoms with Gasteiger partial charge in [-0.25, -0.2) is 9.48 Å². The van der Waals surface area contributed by atoms with Crippen molar-refractivity contribution in [2.45, 2.75) is 6.92 Å². The number of rotatable bonds is 3. The Balaban J connectivity index is 2.41. The lowest BCUT2D eigenvalue weighted by Crippen LogP contribution is -1.96. The van der Waals surface area contributed by atoms with Crippen molar-refractivity contribution in [2.75, 3.05) is 7.11 Å². The summed E-state index contributed by atoms with van der Waals surface area (Å²) in [6, 6.07) is 9.56. The molecule has 0 amide bonds. The van der Waals surface area contributed by atoms with Gasteiger partial charge in [0.25, 0.3) is 0 Å². The van der Waals surface area contributed by atoms with E-state index < -0.39 is 5.97 Å². The maximum absolute atomic E-state index is 11.1. The molecule has 0 aliphatic rings. The number of hydrogen-bond acceptors (Lipinski definition) is 3. The summed E-state index contributed by atoms with van der Waals surface area (Å²) in [4.78, 5) is 11.1. The first-order valence-electron chi connectivity index (χ1n) is 5.70. The third-order valence-corrected chi connectivity index (χ3v) is 3.00. The van der Waals surface area contributed by atoms with Crippen LogP contribution in [-0.4, -0.2) is 22.9 Å². The van der Waals surface area contributed by atoms with Gasteiger partial charge in [0.05, 0.1) is 18.5 Å². The van der Waals surface area contributed by atoms with E-state index in [2.05, 4.69) is 9.84 Å². The van der Waals surface area contributed by atoms with Crippen molar-refractivity contribution >= 4 is 23.6 Å². The molecule has 0 atom stereocenters. The molecule has 0 N–H and O–H groups in total. The smallest absolute Gasteiger partial charge is 0.330 e. The molecule has 1 aromatic heterocycles. The first kappa shape index (κ1) is 13.4. The zero-order valence-corrected chi connectivity index (χ0v) is 11.4. The second kappa shape index (κ2) is 5.71. The highest BCUT2D eigenvalue weighted by molar-refractivity contribution is 6.31. The van der Waals surface area contributed by atoms with E-state index in [-0.39, 0.29) is 0 Å². The number of carbonyl (C=O) groups is 1. The Morgan fingerprint density at radius 1 is 1.37 bits per heavy atom. The van der Waals surface area contributed by atoms with E-state index in [1.54, 1.807) is 10.8 Å². The van der Waals surface area contributed by atoms with Crippen molar-refractivity contribution in [3.8, 4) is 5.69 Å². The standard InChI is InChI=1S/C14H13ClN2O2/c1-10-12(8-9-13(18)19-2)14(15)17(16-10)11-6-4-3-5-7-11/h3-9H,1-2H3. The Morgan fingerprint density at radius 2 is 2.05 bits per heavy atom. The maximum atomic E-state index is 11.1. The Bertz CT molecular complexity index is 618. The number of methoxy groups -OCH3 is 1. The fourth-order valence-electron chi connectivity index (χ4n) is 1.66. The Morgan fingerprint density at radius 3 is 2.68 bits per heavy atom. The highest BCUT2D eigenvalue weighted by Crippen LogP contribution is 2.24. The summed E-state index contributed by atoms with van der Waals surface area (Å²) in [7, 11) is 1.33. The zero-order chi connectivity index (χ0) is 13.8. The highest BCUT2D eigenvalue weighted by Gasteiger charge is 2.12. The van der Waals surface area contributed by atoms with E-state index >= 15 is 0 Å². The summed E-state index contributed by atoms with van der Waals surface area (Å²) in [6.45, 7) is 1.84. The molecule has 2 rings (SSSR count). The van der Waals surface area contributed by atoms with Crippen LogP contribution in [-0.2, 0) is 9.53 Å². The number of carbonyl (C=O) groups excluding carboxylic acids is 1. The van der Waals surface area contributed by atoms with Gasteiger partial charge in [0.15, 0.2) is 0 Å². The first-order chi connectivity index (χ1) is 9.13. The van der Waals surface area contributed by atoms with Crippen LogP contribution in [0.2, 0.25) is 5.15 Å². The molecule has 0 fully saturated rings. The van der Waals surface area contributed by atoms with E-state index in [4.69, 9.17) is 11.6 Å². The van der Waals surface area contributed by atoms with Gasteiger partial charge in [-0.05, 0) is 25.1 Å². The summed E-state index contributed by atoms with van der Waals surface area (Å²) >= 11 is 6.29. The van der Waals surface area contributed by atoms with Gasteiger partial charge in [-0.1, -0.05) is 29.8 Å². The van der Waals surface area contributed by atoms with Gasteiger partial charge in [-0.15, -0.1) is 0 Å². The number of ether oxygens (including phenoxy) is 1. The summed E-state index contributed by atoms with van der Waals surface area (Å²) in [5.41, 5.74) is 2.32. The second-order valence-corrected chi connectivity index (χ2v) is 4.25. The molecule has 2 aromatic rings. The molecule has 0 aliphatic heterocycles. The molecule has 4 nitrogen and oxygen atoms in total. The van der Waals surface area contributed by atoms with Crippen molar-refractivity contribution in [1.82, 2.24) is 9.78 Å². The Labute approximate surface area is 116 Å². The van der Waals surface area contributed by atoms with Crippen LogP contribution < -0.4 is 0 Å². The lowest BCUT2D eigenvalue weighted by molar-refractivity contribution is -0.134. The van der Waals surface area contributed by atoms with Gasteiger partial charge in [0.1, 0.15) is 5.15 Å². The molecular formula is C14H13ClN2O2. The predicted molar refractivity (Wildman–Crippen MR) is 74.4 cm³/mol. The zero-order valence-electron chi connectivity index (χ0n) is 10.6. The fraction of sp³-hybridized carbons (Fsp3) is 0.143. The molecule has 0 unspecified atom stereocenters. The number of benzene rings is 1. The van der Waals surface area contributed by atoms with Gasteiger partial charge >= 0.3 is 5.97 Å². The SMILES string of the molecule is COC(=O)C=Cc1c(C)nn(-c2ccccc2)c1Cl. The van der Waals surface area contributed by atoms with E-state index in [1.165, 1.54) is 13.2 Å². The van der Waals surface area contributed by atoms with Crippen molar-refractivity contribution in [3.63, 3.8) is 0 Å². The van der Waals surface area contributed by atoms with E-state index in [0.29, 0.717) is 10.7 Å². The lowest BCUT2D eigenvalue weighted by atomic mass is 10.2. The number of aryl methyl sites for hydroxylation is 1. The Hall–Kier alpha value is -2.07. The van der Waals surface area contributed by atoms with E-state index in [0.717, 1.165) is 11.4 Å². The van der Waals surface area contributed by atoms with Gasteiger partial charge in [0, 0.05) is 11.6 Å². The molecule has 0 radical (unpaired) electrons. The molecule has 5 heteroatoms. The van der Waals surface area contributed by atoms with Crippen LogP contribution in [0.5, 0.6) is 0 Å². The van der Waals surface area contributed by atoms with Crippen LogP contribution in [0.15, 0.2) is 36.4 Å². The van der Waals surface area contributed by atoms with Crippen LogP contribution in [0.4, 0.5) is 0 Å². The van der Waals surface area contributed by atoms with Gasteiger partial charge in [-0.3, -0.25) is 0 Å². The largest absolute Gasteiger partial charge is 0.466 e. The molecule has 0 aliphatic carbocycles. The van der Waals surface area contributed by atoms with Crippen LogP contribution in [0.25, 0.3) is 11.8 Å². The number of halogens is 1. The number of esters is 1. The molecular weight excluding hydrogens is 264 g/mol. The average molecular weight is 277 g/mol. The van der Waals surface area contributed by atoms with Crippen LogP contribution in [0.1, 0.15) is 11.3 Å². The number of nitrogens with zero attached hydrogens (tertiary/aromatic N) is 2. The van der Waals surface area contributed by atoms with Crippen molar-refractivity contribution in [1.29, 1.82) is 0 Å². The third kappa shape index (κ3) is 2.85. The molecule has 0 saturated heterocycles. The molecule has 1 aromatic carbocycles. The van der Waals surface area contributed by atoms with Gasteiger partial charge in [0.2, 0.25) is 0 Å². The summed E-state index contributed by atoms with van der Waals surface area (Å²) < 4.78 is 6.18. The monoisotopic (exact) mass is 276 g/mol. The van der Waals surface area contributed by atoms with Crippen molar-refractivity contribution in [3.05, 3.63) is 52.8 Å². The van der Waals surface area contributed by atoms with Gasteiger partial charge < -0.3 is 4.74 Å². The Kier molecular flexibility index (Phi) is 4.02. The summed E-state index contributed by atoms with van der Waals surface area (Å²) in [6.07, 6.45) is 2.93. The van der Waals surface area contributed by atoms with Crippen molar-refractivity contribution in [2.24, 2.45) is 0 Å². The molecule has 0 spiro atoms. The molecule has 98 valence electrons. The minimum absolute atomic E-state index is 0.428. The van der Waals surface area contributed by atoms with Gasteiger partial charge in [-0.2, -0.15) is 5.10 Å². The predicted octanol–water partition coefficient (Wildman–Crippen LogP) is 3.02. The average Bonchev–Trinajstić information content (AvgIpc) is 2.72. The summed E-state index contributed by atoms with van der Waals surface area (Å²) in [5.74, 6) is -0.428. The molecule has 0 bridgehead atoms. The summed E-state index contributed by atoms with van der Waals surface area (Å²) in [5, 5.41) is 4.83. The third-order valence-electron chi connectivity index (χ3n) is 2.64. The molecule has 0 saturated carbocycles. The van der Waals surface area contributed by atoms with E-state index in [1.807, 2.05) is 37.3 Å². The maximum Gasteiger partial charge on any atom is 0.330 e. The van der Waals surface area contributed by atoms with Crippen molar-refractivity contribution < 1.29 is 9.53 Å². The minimum atomic E-state index is -0.428. The number of para-hydroxylation sites is 1. The van der Waals surface area contributed by atoms with E-state index in [9.17, 15) is 4.79 Å². The highest BCUT2D eigenvalue weighted by atomic mass is 35.5. The quantitative estimate of drug-likeness (QED) is 0.639. The molecule has 19 heavy (non-hydrogen) atoms. The number of hydrogen-bond donors (Lipinski definition) is 0. The van der Waals surface area contributed by atoms with Crippen LogP contribution in [0.3, 0.4) is 0 Å². The first-order valence-corrected chi connectivity index (χ1v) is 6.08. The normalized spacial score (nSPS) is 10.9. The fourth-order valence-corrected chi connectivity index (χ4v) is 2.00. The van der Waals surface area contributed by atoms with Crippen LogP contribution in [0, 0.1) is 6.92 Å².